The van der Waals surface area contributed by atoms with Gasteiger partial charge < -0.3 is 15.3 Å². The second-order valence-electron chi connectivity index (χ2n) is 5.39. The summed E-state index contributed by atoms with van der Waals surface area (Å²) in [4.78, 5) is 14.2. The molecule has 1 aromatic rings. The number of anilines is 1. The average molecular weight is 264 g/mol. The molecule has 2 aliphatic heterocycles. The van der Waals surface area contributed by atoms with Crippen molar-refractivity contribution in [1.29, 1.82) is 0 Å². The third-order valence-corrected chi connectivity index (χ3v) is 3.96. The number of nitrogens with one attached hydrogen (secondary N) is 1. The number of aliphatic hydroxyl groups excluding tert-OH is 1. The Balaban J connectivity index is 1.79. The molecule has 2 atom stereocenters. The summed E-state index contributed by atoms with van der Waals surface area (Å²) < 4.78 is 1.59. The van der Waals surface area contributed by atoms with Crippen LogP contribution in [-0.4, -0.2) is 47.2 Å². The molecular weight excluding hydrogens is 244 g/mol. The smallest absolute Gasteiger partial charge is 0.269 e. The molecule has 0 radical (unpaired) electrons. The molecule has 0 amide bonds. The normalized spacial score (nSPS) is 27.7. The fourth-order valence-electron chi connectivity index (χ4n) is 2.87. The van der Waals surface area contributed by atoms with Crippen molar-refractivity contribution in [3.8, 4) is 0 Å². The van der Waals surface area contributed by atoms with Gasteiger partial charge in [0, 0.05) is 25.7 Å². The van der Waals surface area contributed by atoms with Crippen LogP contribution in [-0.2, 0) is 0 Å². The van der Waals surface area contributed by atoms with Crippen LogP contribution in [0.25, 0.3) is 0 Å². The van der Waals surface area contributed by atoms with Gasteiger partial charge in [0.05, 0.1) is 24.0 Å². The molecule has 0 aromatic carbocycles. The Bertz CT molecular complexity index is 496. The fourth-order valence-corrected chi connectivity index (χ4v) is 2.87. The summed E-state index contributed by atoms with van der Waals surface area (Å²) in [7, 11) is 0. The molecule has 2 N–H and O–H groups in total. The Morgan fingerprint density at radius 3 is 2.95 bits per heavy atom. The van der Waals surface area contributed by atoms with Crippen molar-refractivity contribution in [2.24, 2.45) is 0 Å². The van der Waals surface area contributed by atoms with Crippen molar-refractivity contribution in [3.05, 3.63) is 22.6 Å². The highest BCUT2D eigenvalue weighted by Crippen LogP contribution is 2.19. The summed E-state index contributed by atoms with van der Waals surface area (Å²) >= 11 is 0. The van der Waals surface area contributed by atoms with Gasteiger partial charge in [0.1, 0.15) is 0 Å². The number of β-amino-alcohol motifs (C(OH)–C–C–N with tert-alkyl or cyclic N) is 1. The second-order valence-corrected chi connectivity index (χ2v) is 5.39. The largest absolute Gasteiger partial charge is 0.391 e. The van der Waals surface area contributed by atoms with Crippen LogP contribution in [0.15, 0.2) is 17.1 Å². The number of piperidine rings is 1. The van der Waals surface area contributed by atoms with Crippen LogP contribution in [0.1, 0.15) is 25.3 Å². The standard InChI is InChI=1S/C13H20N4O2/c18-12-3-5-16(9-12)11-6-13(19)17(15-8-11)10-2-1-4-14-7-10/h6,8,10,12,14,18H,1-5,7,9H2. The van der Waals surface area contributed by atoms with E-state index in [-0.39, 0.29) is 17.7 Å². The maximum absolute atomic E-state index is 12.2. The lowest BCUT2D eigenvalue weighted by Gasteiger charge is -2.24. The van der Waals surface area contributed by atoms with E-state index in [4.69, 9.17) is 0 Å². The van der Waals surface area contributed by atoms with Gasteiger partial charge in [0.25, 0.3) is 5.56 Å². The van der Waals surface area contributed by atoms with Crippen molar-refractivity contribution in [2.75, 3.05) is 31.1 Å². The molecule has 0 bridgehead atoms. The van der Waals surface area contributed by atoms with Crippen molar-refractivity contribution >= 4 is 5.69 Å². The molecule has 2 fully saturated rings. The van der Waals surface area contributed by atoms with Crippen molar-refractivity contribution in [2.45, 2.75) is 31.4 Å². The zero-order chi connectivity index (χ0) is 13.2. The van der Waals surface area contributed by atoms with Crippen LogP contribution in [0.5, 0.6) is 0 Å². The molecule has 0 spiro atoms. The second kappa shape index (κ2) is 5.30. The van der Waals surface area contributed by atoms with Gasteiger partial charge in [-0.3, -0.25) is 4.79 Å². The molecule has 1 aromatic heterocycles. The van der Waals surface area contributed by atoms with E-state index in [0.29, 0.717) is 6.54 Å². The molecule has 2 aliphatic rings. The molecule has 104 valence electrons. The summed E-state index contributed by atoms with van der Waals surface area (Å²) in [6.45, 7) is 3.22. The molecule has 2 saturated heterocycles. The van der Waals surface area contributed by atoms with E-state index in [1.807, 2.05) is 4.90 Å². The van der Waals surface area contributed by atoms with Crippen molar-refractivity contribution < 1.29 is 5.11 Å². The Labute approximate surface area is 112 Å². The summed E-state index contributed by atoms with van der Waals surface area (Å²) in [6, 6.07) is 1.80. The third-order valence-electron chi connectivity index (χ3n) is 3.96. The number of nitrogens with zero attached hydrogens (tertiary/aromatic N) is 3. The summed E-state index contributed by atoms with van der Waals surface area (Å²) in [5, 5.41) is 17.1. The van der Waals surface area contributed by atoms with Crippen molar-refractivity contribution in [1.82, 2.24) is 15.1 Å². The first-order chi connectivity index (χ1) is 9.24. The highest BCUT2D eigenvalue weighted by atomic mass is 16.3. The highest BCUT2D eigenvalue weighted by Gasteiger charge is 2.22. The van der Waals surface area contributed by atoms with E-state index in [0.717, 1.165) is 44.6 Å². The van der Waals surface area contributed by atoms with Crippen LogP contribution in [0, 0.1) is 0 Å². The minimum atomic E-state index is -0.287. The maximum atomic E-state index is 12.2. The number of rotatable bonds is 2. The Kier molecular flexibility index (Phi) is 3.52. The average Bonchev–Trinajstić information content (AvgIpc) is 2.86. The topological polar surface area (TPSA) is 70.4 Å². The van der Waals surface area contributed by atoms with Gasteiger partial charge >= 0.3 is 0 Å². The van der Waals surface area contributed by atoms with Crippen LogP contribution in [0.4, 0.5) is 5.69 Å². The molecule has 3 heterocycles. The highest BCUT2D eigenvalue weighted by molar-refractivity contribution is 5.44. The molecule has 6 nitrogen and oxygen atoms in total. The number of aromatic nitrogens is 2. The van der Waals surface area contributed by atoms with E-state index in [2.05, 4.69) is 10.4 Å². The van der Waals surface area contributed by atoms with E-state index < -0.39 is 0 Å². The minimum absolute atomic E-state index is 0.0485. The van der Waals surface area contributed by atoms with Gasteiger partial charge in [-0.2, -0.15) is 5.10 Å². The lowest BCUT2D eigenvalue weighted by Crippen LogP contribution is -2.38. The van der Waals surface area contributed by atoms with Crippen LogP contribution in [0.2, 0.25) is 0 Å². The molecule has 3 rings (SSSR count). The SMILES string of the molecule is O=c1cc(N2CCC(O)C2)cnn1C1CCCNC1. The number of hydrogen-bond acceptors (Lipinski definition) is 5. The predicted octanol–water partition coefficient (Wildman–Crippen LogP) is -0.261. The van der Waals surface area contributed by atoms with E-state index in [1.54, 1.807) is 16.9 Å². The first-order valence-electron chi connectivity index (χ1n) is 6.96. The Hall–Kier alpha value is -1.40. The van der Waals surface area contributed by atoms with Gasteiger partial charge in [-0.1, -0.05) is 0 Å². The van der Waals surface area contributed by atoms with Gasteiger partial charge in [0.2, 0.25) is 0 Å². The molecule has 6 heteroatoms. The first kappa shape index (κ1) is 12.6. The van der Waals surface area contributed by atoms with E-state index >= 15 is 0 Å². The van der Waals surface area contributed by atoms with Gasteiger partial charge in [0.15, 0.2) is 0 Å². The monoisotopic (exact) mass is 264 g/mol. The lowest BCUT2D eigenvalue weighted by molar-refractivity contribution is 0.198. The van der Waals surface area contributed by atoms with E-state index in [9.17, 15) is 9.90 Å². The summed E-state index contributed by atoms with van der Waals surface area (Å²) in [6.07, 6.45) is 4.30. The molecular formula is C13H20N4O2. The molecule has 0 saturated carbocycles. The van der Waals surface area contributed by atoms with Crippen LogP contribution >= 0.6 is 0 Å². The van der Waals surface area contributed by atoms with Gasteiger partial charge in [-0.15, -0.1) is 0 Å². The van der Waals surface area contributed by atoms with Gasteiger partial charge in [-0.25, -0.2) is 4.68 Å². The Morgan fingerprint density at radius 1 is 1.42 bits per heavy atom. The lowest BCUT2D eigenvalue weighted by atomic mass is 10.1. The van der Waals surface area contributed by atoms with Crippen molar-refractivity contribution in [3.63, 3.8) is 0 Å². The molecule has 2 unspecified atom stereocenters. The first-order valence-corrected chi connectivity index (χ1v) is 6.96. The van der Waals surface area contributed by atoms with E-state index in [1.165, 1.54) is 0 Å². The van der Waals surface area contributed by atoms with Gasteiger partial charge in [-0.05, 0) is 25.8 Å². The zero-order valence-electron chi connectivity index (χ0n) is 11.0. The maximum Gasteiger partial charge on any atom is 0.269 e. The molecule has 19 heavy (non-hydrogen) atoms. The number of hydrogen-bond donors (Lipinski definition) is 2. The number of aliphatic hydroxyl groups is 1. The quantitative estimate of drug-likeness (QED) is 0.770. The molecule has 0 aliphatic carbocycles. The predicted molar refractivity (Wildman–Crippen MR) is 72.5 cm³/mol. The van der Waals surface area contributed by atoms with Crippen LogP contribution in [0.3, 0.4) is 0 Å². The summed E-state index contributed by atoms with van der Waals surface area (Å²) in [5.41, 5.74) is 0.772. The zero-order valence-corrected chi connectivity index (χ0v) is 11.0. The third kappa shape index (κ3) is 2.64. The fraction of sp³-hybridized carbons (Fsp3) is 0.692. The Morgan fingerprint density at radius 2 is 2.32 bits per heavy atom. The minimum Gasteiger partial charge on any atom is -0.391 e. The van der Waals surface area contributed by atoms with Crippen LogP contribution < -0.4 is 15.8 Å². The summed E-state index contributed by atoms with van der Waals surface area (Å²) in [5.74, 6) is 0.